The third kappa shape index (κ3) is 6.02. The van der Waals surface area contributed by atoms with Crippen molar-refractivity contribution in [1.29, 1.82) is 0 Å². The molecular weight excluding hydrogens is 310 g/mol. The Morgan fingerprint density at radius 1 is 1.17 bits per heavy atom. The van der Waals surface area contributed by atoms with Gasteiger partial charge in [-0.05, 0) is 37.8 Å². The van der Waals surface area contributed by atoms with Gasteiger partial charge in [0, 0.05) is 0 Å². The summed E-state index contributed by atoms with van der Waals surface area (Å²) in [6.45, 7) is 7.09. The molecule has 0 fully saturated rings. The fourth-order valence-corrected chi connectivity index (χ4v) is 2.23. The van der Waals surface area contributed by atoms with E-state index in [0.29, 0.717) is 12.0 Å². The first-order chi connectivity index (χ1) is 11.2. The number of aryl methyl sites for hydroxylation is 2. The Hall–Kier alpha value is -2.37. The molecule has 0 spiro atoms. The number of rotatable bonds is 7. The Morgan fingerprint density at radius 2 is 1.83 bits per heavy atom. The van der Waals surface area contributed by atoms with Crippen molar-refractivity contribution in [3.05, 3.63) is 34.9 Å². The van der Waals surface area contributed by atoms with Crippen LogP contribution >= 0.6 is 0 Å². The first kappa shape index (κ1) is 19.7. The quantitative estimate of drug-likeness (QED) is 0.772. The number of hydrogen-bond donors (Lipinski definition) is 1. The minimum atomic E-state index is -0.748. The number of esters is 2. The second kappa shape index (κ2) is 9.05. The van der Waals surface area contributed by atoms with E-state index in [0.717, 1.165) is 11.1 Å². The summed E-state index contributed by atoms with van der Waals surface area (Å²) in [7, 11) is 1.27. The van der Waals surface area contributed by atoms with Crippen molar-refractivity contribution in [2.75, 3.05) is 13.7 Å². The highest BCUT2D eigenvalue weighted by Gasteiger charge is 2.23. The second-order valence-corrected chi connectivity index (χ2v) is 6.17. The summed E-state index contributed by atoms with van der Waals surface area (Å²) < 4.78 is 9.72. The fraction of sp³-hybridized carbons (Fsp3) is 0.500. The van der Waals surface area contributed by atoms with Crippen LogP contribution in [0.1, 0.15) is 41.8 Å². The molecule has 0 aromatic heterocycles. The van der Waals surface area contributed by atoms with E-state index >= 15 is 0 Å². The van der Waals surface area contributed by atoms with Crippen LogP contribution in [0.15, 0.2) is 18.2 Å². The van der Waals surface area contributed by atoms with Gasteiger partial charge >= 0.3 is 11.9 Å². The molecule has 0 radical (unpaired) electrons. The number of ether oxygens (including phenoxy) is 2. The van der Waals surface area contributed by atoms with E-state index < -0.39 is 30.5 Å². The van der Waals surface area contributed by atoms with E-state index in [4.69, 9.17) is 4.74 Å². The number of benzene rings is 1. The van der Waals surface area contributed by atoms with E-state index in [2.05, 4.69) is 10.1 Å². The standard InChI is InChI=1S/C18H25NO5/c1-11(2)8-15(18(22)23-5)19-16(20)10-24-17(21)14-9-12(3)6-7-13(14)4/h6-7,9,11,15H,8,10H2,1-5H3,(H,19,20)/t15-/m0/s1. The molecule has 0 heterocycles. The van der Waals surface area contributed by atoms with Crippen molar-refractivity contribution in [2.24, 2.45) is 5.92 Å². The van der Waals surface area contributed by atoms with Crippen LogP contribution in [-0.4, -0.2) is 37.6 Å². The van der Waals surface area contributed by atoms with Crippen LogP contribution in [0.3, 0.4) is 0 Å². The number of carbonyl (C=O) groups excluding carboxylic acids is 3. The molecular formula is C18H25NO5. The minimum Gasteiger partial charge on any atom is -0.467 e. The molecule has 0 saturated carbocycles. The third-order valence-electron chi connectivity index (χ3n) is 3.48. The van der Waals surface area contributed by atoms with Gasteiger partial charge in [0.1, 0.15) is 6.04 Å². The zero-order valence-corrected chi connectivity index (χ0v) is 14.8. The van der Waals surface area contributed by atoms with Gasteiger partial charge < -0.3 is 14.8 Å². The molecule has 1 N–H and O–H groups in total. The topological polar surface area (TPSA) is 81.7 Å². The van der Waals surface area contributed by atoms with Gasteiger partial charge in [0.15, 0.2) is 6.61 Å². The Kier molecular flexibility index (Phi) is 7.42. The van der Waals surface area contributed by atoms with Crippen LogP contribution in [0.4, 0.5) is 0 Å². The zero-order valence-electron chi connectivity index (χ0n) is 14.8. The lowest BCUT2D eigenvalue weighted by Gasteiger charge is -2.18. The molecule has 0 saturated heterocycles. The van der Waals surface area contributed by atoms with Crippen LogP contribution < -0.4 is 5.32 Å². The van der Waals surface area contributed by atoms with Gasteiger partial charge in [0.05, 0.1) is 12.7 Å². The van der Waals surface area contributed by atoms with Crippen molar-refractivity contribution in [1.82, 2.24) is 5.32 Å². The average Bonchev–Trinajstić information content (AvgIpc) is 2.53. The molecule has 132 valence electrons. The van der Waals surface area contributed by atoms with Crippen LogP contribution in [0.5, 0.6) is 0 Å². The Morgan fingerprint density at radius 3 is 2.42 bits per heavy atom. The summed E-state index contributed by atoms with van der Waals surface area (Å²) >= 11 is 0. The van der Waals surface area contributed by atoms with Crippen LogP contribution in [0, 0.1) is 19.8 Å². The summed E-state index contributed by atoms with van der Waals surface area (Å²) in [5, 5.41) is 2.54. The maximum Gasteiger partial charge on any atom is 0.338 e. The normalized spacial score (nSPS) is 11.8. The molecule has 1 atom stereocenters. The predicted molar refractivity (Wildman–Crippen MR) is 89.6 cm³/mol. The van der Waals surface area contributed by atoms with Crippen LogP contribution in [0.2, 0.25) is 0 Å². The maximum absolute atomic E-state index is 12.1. The Balaban J connectivity index is 2.62. The van der Waals surface area contributed by atoms with Crippen molar-refractivity contribution in [2.45, 2.75) is 40.2 Å². The highest BCUT2D eigenvalue weighted by Crippen LogP contribution is 2.12. The lowest BCUT2D eigenvalue weighted by Crippen LogP contribution is -2.44. The first-order valence-electron chi connectivity index (χ1n) is 7.86. The minimum absolute atomic E-state index is 0.201. The molecule has 24 heavy (non-hydrogen) atoms. The number of nitrogens with one attached hydrogen (secondary N) is 1. The lowest BCUT2D eigenvalue weighted by molar-refractivity contribution is -0.145. The monoisotopic (exact) mass is 335 g/mol. The molecule has 1 aromatic carbocycles. The zero-order chi connectivity index (χ0) is 18.3. The van der Waals surface area contributed by atoms with Gasteiger partial charge in [-0.1, -0.05) is 31.5 Å². The molecule has 1 amide bonds. The smallest absolute Gasteiger partial charge is 0.338 e. The van der Waals surface area contributed by atoms with Crippen molar-refractivity contribution < 1.29 is 23.9 Å². The van der Waals surface area contributed by atoms with E-state index in [1.807, 2.05) is 32.9 Å². The maximum atomic E-state index is 12.1. The summed E-state index contributed by atoms with van der Waals surface area (Å²) in [6.07, 6.45) is 0.448. The van der Waals surface area contributed by atoms with Crippen LogP contribution in [-0.2, 0) is 19.1 Å². The van der Waals surface area contributed by atoms with Gasteiger partial charge in [-0.25, -0.2) is 9.59 Å². The van der Waals surface area contributed by atoms with E-state index in [9.17, 15) is 14.4 Å². The summed E-state index contributed by atoms with van der Waals surface area (Å²) in [5.41, 5.74) is 2.13. The summed E-state index contributed by atoms with van der Waals surface area (Å²) in [5.74, 6) is -1.42. The van der Waals surface area contributed by atoms with Gasteiger partial charge in [-0.3, -0.25) is 4.79 Å². The average molecular weight is 335 g/mol. The summed E-state index contributed by atoms with van der Waals surface area (Å²) in [4.78, 5) is 35.7. The number of amides is 1. The molecule has 0 unspecified atom stereocenters. The lowest BCUT2D eigenvalue weighted by atomic mass is 10.0. The van der Waals surface area contributed by atoms with Gasteiger partial charge in [-0.2, -0.15) is 0 Å². The van der Waals surface area contributed by atoms with Crippen molar-refractivity contribution >= 4 is 17.8 Å². The molecule has 6 nitrogen and oxygen atoms in total. The Labute approximate surface area is 142 Å². The SMILES string of the molecule is COC(=O)[C@H](CC(C)C)NC(=O)COC(=O)c1cc(C)ccc1C. The predicted octanol–water partition coefficient (Wildman–Crippen LogP) is 2.16. The molecule has 0 aliphatic heterocycles. The molecule has 0 aliphatic carbocycles. The fourth-order valence-electron chi connectivity index (χ4n) is 2.23. The summed E-state index contributed by atoms with van der Waals surface area (Å²) in [6, 6.07) is 4.68. The third-order valence-corrected chi connectivity index (χ3v) is 3.48. The van der Waals surface area contributed by atoms with E-state index in [1.54, 1.807) is 13.0 Å². The number of hydrogen-bond acceptors (Lipinski definition) is 5. The highest BCUT2D eigenvalue weighted by molar-refractivity contribution is 5.93. The van der Waals surface area contributed by atoms with Crippen molar-refractivity contribution in [3.8, 4) is 0 Å². The number of methoxy groups -OCH3 is 1. The van der Waals surface area contributed by atoms with E-state index in [1.165, 1.54) is 7.11 Å². The molecule has 0 bridgehead atoms. The van der Waals surface area contributed by atoms with Crippen LogP contribution in [0.25, 0.3) is 0 Å². The van der Waals surface area contributed by atoms with E-state index in [-0.39, 0.29) is 5.92 Å². The Bertz CT molecular complexity index is 609. The first-order valence-corrected chi connectivity index (χ1v) is 7.86. The van der Waals surface area contributed by atoms with Gasteiger partial charge in [-0.15, -0.1) is 0 Å². The largest absolute Gasteiger partial charge is 0.467 e. The highest BCUT2D eigenvalue weighted by atomic mass is 16.5. The molecule has 1 aromatic rings. The van der Waals surface area contributed by atoms with Crippen molar-refractivity contribution in [3.63, 3.8) is 0 Å². The second-order valence-electron chi connectivity index (χ2n) is 6.17. The van der Waals surface area contributed by atoms with Gasteiger partial charge in [0.25, 0.3) is 5.91 Å². The molecule has 1 rings (SSSR count). The van der Waals surface area contributed by atoms with Gasteiger partial charge in [0.2, 0.25) is 0 Å². The number of carbonyl (C=O) groups is 3. The molecule has 0 aliphatic rings. The molecule has 6 heteroatoms.